The van der Waals surface area contributed by atoms with Gasteiger partial charge in [-0.25, -0.2) is 0 Å². The Bertz CT molecular complexity index is 733. The molecule has 1 aromatic heterocycles. The predicted octanol–water partition coefficient (Wildman–Crippen LogP) is 1.16. The van der Waals surface area contributed by atoms with Crippen molar-refractivity contribution in [3.05, 3.63) is 40.7 Å². The summed E-state index contributed by atoms with van der Waals surface area (Å²) < 4.78 is 1.57. The van der Waals surface area contributed by atoms with Gasteiger partial charge in [-0.2, -0.15) is 0 Å². The monoisotopic (exact) mass is 270 g/mol. The number of carbonyl (C=O) groups is 2. The highest BCUT2D eigenvalue weighted by atomic mass is 16.2. The molecule has 3 rings (SSSR count). The maximum atomic E-state index is 12.2. The third kappa shape index (κ3) is 1.72. The average molecular weight is 270 g/mol. The van der Waals surface area contributed by atoms with E-state index in [9.17, 15) is 9.59 Å². The second kappa shape index (κ2) is 4.26. The number of amides is 1. The van der Waals surface area contributed by atoms with Crippen LogP contribution >= 0.6 is 0 Å². The van der Waals surface area contributed by atoms with E-state index in [4.69, 9.17) is 0 Å². The van der Waals surface area contributed by atoms with E-state index in [1.165, 1.54) is 4.90 Å². The standard InChI is InChI=1S/C14H14N4O2/c1-8-4-5-9(2)12-11(8)13(19)14(20)18(12)7-10-6-17(3)16-15-10/h4-6H,7H2,1-3H3. The first-order chi connectivity index (χ1) is 9.49. The van der Waals surface area contributed by atoms with E-state index < -0.39 is 11.7 Å². The van der Waals surface area contributed by atoms with Crippen LogP contribution in [0.5, 0.6) is 0 Å². The van der Waals surface area contributed by atoms with Crippen molar-refractivity contribution < 1.29 is 9.59 Å². The minimum absolute atomic E-state index is 0.260. The zero-order valence-corrected chi connectivity index (χ0v) is 11.5. The predicted molar refractivity (Wildman–Crippen MR) is 72.4 cm³/mol. The summed E-state index contributed by atoms with van der Waals surface area (Å²) in [6.45, 7) is 4.00. The van der Waals surface area contributed by atoms with Gasteiger partial charge in [0.2, 0.25) is 0 Å². The number of aryl methyl sites for hydroxylation is 3. The first kappa shape index (κ1) is 12.5. The van der Waals surface area contributed by atoms with Crippen molar-refractivity contribution in [3.63, 3.8) is 0 Å². The highest BCUT2D eigenvalue weighted by Gasteiger charge is 2.38. The van der Waals surface area contributed by atoms with Crippen molar-refractivity contribution in [3.8, 4) is 0 Å². The summed E-state index contributed by atoms with van der Waals surface area (Å²) in [5.74, 6) is -0.937. The van der Waals surface area contributed by atoms with E-state index in [0.29, 0.717) is 16.9 Å². The summed E-state index contributed by atoms with van der Waals surface area (Å²) in [4.78, 5) is 25.8. The van der Waals surface area contributed by atoms with Gasteiger partial charge in [-0.1, -0.05) is 17.3 Å². The Labute approximate surface area is 116 Å². The number of ketones is 1. The molecule has 0 atom stereocenters. The van der Waals surface area contributed by atoms with Gasteiger partial charge in [0, 0.05) is 13.2 Å². The number of fused-ring (bicyclic) bond motifs is 1. The normalized spacial score (nSPS) is 14.1. The lowest BCUT2D eigenvalue weighted by Gasteiger charge is -2.17. The lowest BCUT2D eigenvalue weighted by Crippen LogP contribution is -2.29. The van der Waals surface area contributed by atoms with Gasteiger partial charge in [0.15, 0.2) is 0 Å². The Morgan fingerprint density at radius 2 is 1.85 bits per heavy atom. The summed E-state index contributed by atoms with van der Waals surface area (Å²) in [5.41, 5.74) is 3.60. The Morgan fingerprint density at radius 3 is 2.50 bits per heavy atom. The van der Waals surface area contributed by atoms with E-state index in [1.807, 2.05) is 26.0 Å². The maximum absolute atomic E-state index is 12.2. The van der Waals surface area contributed by atoms with Crippen LogP contribution in [0.25, 0.3) is 0 Å². The van der Waals surface area contributed by atoms with Crippen molar-refractivity contribution in [2.24, 2.45) is 7.05 Å². The smallest absolute Gasteiger partial charge is 0.298 e. The summed E-state index contributed by atoms with van der Waals surface area (Å²) in [6, 6.07) is 3.79. The topological polar surface area (TPSA) is 68.1 Å². The molecule has 1 aliphatic heterocycles. The number of rotatable bonds is 2. The number of carbonyl (C=O) groups excluding carboxylic acids is 2. The molecule has 6 heteroatoms. The summed E-state index contributed by atoms with van der Waals surface area (Å²) in [6.07, 6.45) is 1.74. The number of hydrogen-bond acceptors (Lipinski definition) is 4. The van der Waals surface area contributed by atoms with Crippen molar-refractivity contribution in [1.29, 1.82) is 0 Å². The number of hydrogen-bond donors (Lipinski definition) is 0. The molecular formula is C14H14N4O2. The van der Waals surface area contributed by atoms with E-state index in [0.717, 1.165) is 11.1 Å². The van der Waals surface area contributed by atoms with Crippen molar-refractivity contribution >= 4 is 17.4 Å². The Balaban J connectivity index is 2.08. The summed E-state index contributed by atoms with van der Waals surface area (Å²) in [7, 11) is 1.76. The van der Waals surface area contributed by atoms with Gasteiger partial charge in [-0.3, -0.25) is 19.2 Å². The van der Waals surface area contributed by atoms with Crippen LogP contribution in [0.1, 0.15) is 27.2 Å². The maximum Gasteiger partial charge on any atom is 0.299 e. The Hall–Kier alpha value is -2.50. The molecule has 20 heavy (non-hydrogen) atoms. The van der Waals surface area contributed by atoms with Crippen LogP contribution in [-0.2, 0) is 18.4 Å². The van der Waals surface area contributed by atoms with Gasteiger partial charge < -0.3 is 0 Å². The molecule has 0 N–H and O–H groups in total. The molecule has 0 spiro atoms. The molecule has 0 unspecified atom stereocenters. The van der Waals surface area contributed by atoms with Gasteiger partial charge in [-0.05, 0) is 25.0 Å². The average Bonchev–Trinajstić information content (AvgIpc) is 2.92. The second-order valence-electron chi connectivity index (χ2n) is 5.03. The molecule has 1 aliphatic rings. The molecule has 1 aromatic carbocycles. The minimum atomic E-state index is -0.497. The third-order valence-corrected chi connectivity index (χ3v) is 3.49. The van der Waals surface area contributed by atoms with E-state index >= 15 is 0 Å². The molecule has 0 aliphatic carbocycles. The van der Waals surface area contributed by atoms with Crippen LogP contribution < -0.4 is 4.90 Å². The highest BCUT2D eigenvalue weighted by molar-refractivity contribution is 6.52. The fraction of sp³-hybridized carbons (Fsp3) is 0.286. The second-order valence-corrected chi connectivity index (χ2v) is 5.03. The molecule has 0 bridgehead atoms. The molecule has 2 heterocycles. The zero-order valence-electron chi connectivity index (χ0n) is 11.5. The van der Waals surface area contributed by atoms with Crippen molar-refractivity contribution in [2.45, 2.75) is 20.4 Å². The van der Waals surface area contributed by atoms with E-state index in [2.05, 4.69) is 10.3 Å². The Kier molecular flexibility index (Phi) is 2.67. The lowest BCUT2D eigenvalue weighted by atomic mass is 10.0. The number of Topliss-reactive ketones (excluding diaryl/α,β-unsaturated/α-hetero) is 1. The largest absolute Gasteiger partial charge is 0.299 e. The zero-order chi connectivity index (χ0) is 14.4. The molecule has 0 radical (unpaired) electrons. The first-order valence-corrected chi connectivity index (χ1v) is 6.30. The van der Waals surface area contributed by atoms with Gasteiger partial charge in [0.05, 0.1) is 17.8 Å². The fourth-order valence-corrected chi connectivity index (χ4v) is 2.54. The molecular weight excluding hydrogens is 256 g/mol. The summed E-state index contributed by atoms with van der Waals surface area (Å²) in [5, 5.41) is 7.81. The minimum Gasteiger partial charge on any atom is -0.298 e. The van der Waals surface area contributed by atoms with Crippen molar-refractivity contribution in [2.75, 3.05) is 4.90 Å². The van der Waals surface area contributed by atoms with Crippen LogP contribution in [0.2, 0.25) is 0 Å². The van der Waals surface area contributed by atoms with Crippen LogP contribution in [0.3, 0.4) is 0 Å². The molecule has 1 amide bonds. The first-order valence-electron chi connectivity index (χ1n) is 6.30. The SMILES string of the molecule is Cc1ccc(C)c2c1C(=O)C(=O)N2Cc1cn(C)nn1. The van der Waals surface area contributed by atoms with Crippen LogP contribution in [0, 0.1) is 13.8 Å². The highest BCUT2D eigenvalue weighted by Crippen LogP contribution is 2.35. The molecule has 102 valence electrons. The number of nitrogens with zero attached hydrogens (tertiary/aromatic N) is 4. The van der Waals surface area contributed by atoms with Gasteiger partial charge in [-0.15, -0.1) is 5.10 Å². The lowest BCUT2D eigenvalue weighted by molar-refractivity contribution is -0.114. The molecule has 6 nitrogen and oxygen atoms in total. The van der Waals surface area contributed by atoms with Gasteiger partial charge >= 0.3 is 0 Å². The van der Waals surface area contributed by atoms with Gasteiger partial charge in [0.1, 0.15) is 5.69 Å². The van der Waals surface area contributed by atoms with Crippen molar-refractivity contribution in [1.82, 2.24) is 15.0 Å². The van der Waals surface area contributed by atoms with Gasteiger partial charge in [0.25, 0.3) is 11.7 Å². The molecule has 0 saturated heterocycles. The molecule has 0 fully saturated rings. The number of benzene rings is 1. The van der Waals surface area contributed by atoms with Crippen LogP contribution in [0.15, 0.2) is 18.3 Å². The van der Waals surface area contributed by atoms with Crippen LogP contribution in [0.4, 0.5) is 5.69 Å². The van der Waals surface area contributed by atoms with E-state index in [-0.39, 0.29) is 6.54 Å². The number of anilines is 1. The van der Waals surface area contributed by atoms with Crippen LogP contribution in [-0.4, -0.2) is 26.7 Å². The fourth-order valence-electron chi connectivity index (χ4n) is 2.54. The summed E-state index contributed by atoms with van der Waals surface area (Å²) >= 11 is 0. The third-order valence-electron chi connectivity index (χ3n) is 3.49. The number of aromatic nitrogens is 3. The van der Waals surface area contributed by atoms with E-state index in [1.54, 1.807) is 17.9 Å². The molecule has 2 aromatic rings. The quantitative estimate of drug-likeness (QED) is 0.768. The Morgan fingerprint density at radius 1 is 1.15 bits per heavy atom. The molecule has 0 saturated carbocycles.